The Labute approximate surface area is 157 Å². The lowest BCUT2D eigenvalue weighted by Crippen LogP contribution is -2.32. The highest BCUT2D eigenvalue weighted by Gasteiger charge is 2.22. The van der Waals surface area contributed by atoms with Gasteiger partial charge in [-0.1, -0.05) is 30.3 Å². The maximum atomic E-state index is 12.6. The maximum absolute atomic E-state index is 12.6. The van der Waals surface area contributed by atoms with Crippen LogP contribution in [0, 0.1) is 6.92 Å². The Hall–Kier alpha value is -3.22. The molecule has 0 aliphatic rings. The van der Waals surface area contributed by atoms with E-state index in [2.05, 4.69) is 15.4 Å². The van der Waals surface area contributed by atoms with E-state index in [-0.39, 0.29) is 18.5 Å². The van der Waals surface area contributed by atoms with E-state index in [0.717, 1.165) is 11.0 Å². The number of rotatable bonds is 6. The van der Waals surface area contributed by atoms with Crippen LogP contribution in [-0.4, -0.2) is 38.3 Å². The predicted octanol–water partition coefficient (Wildman–Crippen LogP) is 2.92. The molecule has 1 aromatic carbocycles. The van der Waals surface area contributed by atoms with Crippen LogP contribution in [0.15, 0.2) is 42.6 Å². The molecule has 2 heterocycles. The van der Waals surface area contributed by atoms with Crippen molar-refractivity contribution >= 4 is 22.9 Å². The molecule has 3 rings (SSSR count). The molecule has 0 radical (unpaired) electrons. The second-order valence-electron chi connectivity index (χ2n) is 6.73. The third-order valence-corrected chi connectivity index (χ3v) is 4.46. The first-order valence-corrected chi connectivity index (χ1v) is 8.79. The number of carboxylic acid groups (broad SMARTS) is 1. The highest BCUT2D eigenvalue weighted by molar-refractivity contribution is 5.98. The molecule has 0 unspecified atom stereocenters. The normalized spacial score (nSPS) is 12.3. The van der Waals surface area contributed by atoms with Crippen molar-refractivity contribution < 1.29 is 14.7 Å². The van der Waals surface area contributed by atoms with Crippen LogP contribution < -0.4 is 5.32 Å². The highest BCUT2D eigenvalue weighted by Crippen LogP contribution is 2.20. The Balaban J connectivity index is 1.81. The lowest BCUT2D eigenvalue weighted by molar-refractivity contribution is -0.138. The number of hydrogen-bond donors (Lipinski definition) is 2. The van der Waals surface area contributed by atoms with Gasteiger partial charge in [0.2, 0.25) is 0 Å². The molecule has 140 valence electrons. The van der Waals surface area contributed by atoms with Crippen LogP contribution >= 0.6 is 0 Å². The Kier molecular flexibility index (Phi) is 5.21. The average Bonchev–Trinajstić information content (AvgIpc) is 3.04. The molecule has 1 atom stereocenters. The van der Waals surface area contributed by atoms with Crippen molar-refractivity contribution in [1.29, 1.82) is 0 Å². The molecule has 0 aliphatic carbocycles. The third kappa shape index (κ3) is 3.81. The first-order chi connectivity index (χ1) is 12.9. The number of aryl methyl sites for hydroxylation is 1. The van der Waals surface area contributed by atoms with Crippen LogP contribution in [0.2, 0.25) is 0 Å². The topological polar surface area (TPSA) is 97.1 Å². The van der Waals surface area contributed by atoms with Gasteiger partial charge in [0, 0.05) is 18.0 Å². The standard InChI is InChI=1S/C20H22N4O3/c1-12(2)24-18-15(10-22-24)9-16(13(3)23-18)19(25)21-11-17(20(26)27)14-7-5-4-6-8-14/h4-10,12,17H,11H2,1-3H3,(H,21,25)(H,26,27)/t17-/m0/s1. The summed E-state index contributed by atoms with van der Waals surface area (Å²) in [5.74, 6) is -2.14. The predicted molar refractivity (Wildman–Crippen MR) is 102 cm³/mol. The second-order valence-corrected chi connectivity index (χ2v) is 6.73. The van der Waals surface area contributed by atoms with Gasteiger partial charge in [0.15, 0.2) is 5.65 Å². The molecule has 0 saturated carbocycles. The molecule has 7 heteroatoms. The maximum Gasteiger partial charge on any atom is 0.312 e. The number of nitrogens with zero attached hydrogens (tertiary/aromatic N) is 3. The second kappa shape index (κ2) is 7.57. The molecule has 0 fully saturated rings. The minimum absolute atomic E-state index is 0.000906. The minimum Gasteiger partial charge on any atom is -0.481 e. The van der Waals surface area contributed by atoms with Gasteiger partial charge in [-0.05, 0) is 32.4 Å². The smallest absolute Gasteiger partial charge is 0.312 e. The Bertz CT molecular complexity index is 980. The summed E-state index contributed by atoms with van der Waals surface area (Å²) in [6.07, 6.45) is 1.68. The Morgan fingerprint density at radius 3 is 2.56 bits per heavy atom. The van der Waals surface area contributed by atoms with Crippen LogP contribution in [0.3, 0.4) is 0 Å². The van der Waals surface area contributed by atoms with Crippen LogP contribution in [-0.2, 0) is 4.79 Å². The van der Waals surface area contributed by atoms with Gasteiger partial charge in [0.05, 0.1) is 23.4 Å². The largest absolute Gasteiger partial charge is 0.481 e. The molecule has 27 heavy (non-hydrogen) atoms. The van der Waals surface area contributed by atoms with Gasteiger partial charge in [0.25, 0.3) is 5.91 Å². The zero-order valence-electron chi connectivity index (χ0n) is 15.5. The summed E-state index contributed by atoms with van der Waals surface area (Å²) in [5.41, 5.74) is 2.37. The van der Waals surface area contributed by atoms with Crippen molar-refractivity contribution in [2.45, 2.75) is 32.7 Å². The van der Waals surface area contributed by atoms with Crippen molar-refractivity contribution in [3.63, 3.8) is 0 Å². The summed E-state index contributed by atoms with van der Waals surface area (Å²) < 4.78 is 1.81. The average molecular weight is 366 g/mol. The first-order valence-electron chi connectivity index (χ1n) is 8.79. The fourth-order valence-corrected chi connectivity index (χ4v) is 3.00. The van der Waals surface area contributed by atoms with Gasteiger partial charge in [-0.15, -0.1) is 0 Å². The minimum atomic E-state index is -0.981. The fourth-order valence-electron chi connectivity index (χ4n) is 3.00. The summed E-state index contributed by atoms with van der Waals surface area (Å²) >= 11 is 0. The van der Waals surface area contributed by atoms with E-state index in [9.17, 15) is 14.7 Å². The third-order valence-electron chi connectivity index (χ3n) is 4.46. The molecular weight excluding hydrogens is 344 g/mol. The van der Waals surface area contributed by atoms with Crippen LogP contribution in [0.4, 0.5) is 0 Å². The lowest BCUT2D eigenvalue weighted by Gasteiger charge is -2.14. The number of nitrogens with one attached hydrogen (secondary N) is 1. The van der Waals surface area contributed by atoms with E-state index >= 15 is 0 Å². The van der Waals surface area contributed by atoms with Crippen molar-refractivity contribution in [3.05, 3.63) is 59.4 Å². The zero-order valence-corrected chi connectivity index (χ0v) is 15.5. The van der Waals surface area contributed by atoms with Crippen molar-refractivity contribution in [2.24, 2.45) is 0 Å². The zero-order chi connectivity index (χ0) is 19.6. The molecule has 2 aromatic heterocycles. The number of benzene rings is 1. The number of amides is 1. The number of carbonyl (C=O) groups is 2. The number of carbonyl (C=O) groups excluding carboxylic acids is 1. The summed E-state index contributed by atoms with van der Waals surface area (Å²) in [7, 11) is 0. The molecule has 0 saturated heterocycles. The van der Waals surface area contributed by atoms with Gasteiger partial charge >= 0.3 is 5.97 Å². The van der Waals surface area contributed by atoms with Crippen LogP contribution in [0.25, 0.3) is 11.0 Å². The number of aliphatic carboxylic acids is 1. The Morgan fingerprint density at radius 2 is 1.93 bits per heavy atom. The van der Waals surface area contributed by atoms with E-state index in [1.54, 1.807) is 48.1 Å². The van der Waals surface area contributed by atoms with E-state index < -0.39 is 11.9 Å². The van der Waals surface area contributed by atoms with Gasteiger partial charge in [0.1, 0.15) is 0 Å². The molecule has 0 spiro atoms. The molecule has 3 aromatic rings. The van der Waals surface area contributed by atoms with Crippen molar-refractivity contribution in [3.8, 4) is 0 Å². The fraction of sp³-hybridized carbons (Fsp3) is 0.300. The number of hydrogen-bond acceptors (Lipinski definition) is 4. The van der Waals surface area contributed by atoms with Gasteiger partial charge in [-0.3, -0.25) is 9.59 Å². The van der Waals surface area contributed by atoms with Gasteiger partial charge < -0.3 is 10.4 Å². The van der Waals surface area contributed by atoms with E-state index in [4.69, 9.17) is 0 Å². The van der Waals surface area contributed by atoms with E-state index in [1.807, 2.05) is 19.9 Å². The van der Waals surface area contributed by atoms with Crippen molar-refractivity contribution in [1.82, 2.24) is 20.1 Å². The highest BCUT2D eigenvalue weighted by atomic mass is 16.4. The number of pyridine rings is 1. The monoisotopic (exact) mass is 366 g/mol. The molecule has 0 aliphatic heterocycles. The summed E-state index contributed by atoms with van der Waals surface area (Å²) in [5, 5.41) is 17.3. The SMILES string of the molecule is Cc1nc2c(cnn2C(C)C)cc1C(=O)NC[C@H](C(=O)O)c1ccccc1. The van der Waals surface area contributed by atoms with Crippen LogP contribution in [0.1, 0.15) is 47.4 Å². The van der Waals surface area contributed by atoms with Crippen molar-refractivity contribution in [2.75, 3.05) is 6.54 Å². The molecule has 1 amide bonds. The quantitative estimate of drug-likeness (QED) is 0.699. The van der Waals surface area contributed by atoms with Gasteiger partial charge in [-0.25, -0.2) is 9.67 Å². The number of aromatic nitrogens is 3. The lowest BCUT2D eigenvalue weighted by atomic mass is 9.99. The number of fused-ring (bicyclic) bond motifs is 1. The van der Waals surface area contributed by atoms with E-state index in [0.29, 0.717) is 16.8 Å². The summed E-state index contributed by atoms with van der Waals surface area (Å²) in [4.78, 5) is 28.7. The van der Waals surface area contributed by atoms with Crippen LogP contribution in [0.5, 0.6) is 0 Å². The first kappa shape index (κ1) is 18.6. The molecule has 2 N–H and O–H groups in total. The van der Waals surface area contributed by atoms with E-state index in [1.165, 1.54) is 0 Å². The molecule has 0 bridgehead atoms. The summed E-state index contributed by atoms with van der Waals surface area (Å²) in [6.45, 7) is 5.79. The van der Waals surface area contributed by atoms with Gasteiger partial charge in [-0.2, -0.15) is 5.10 Å². The number of carboxylic acids is 1. The summed E-state index contributed by atoms with van der Waals surface area (Å²) in [6, 6.07) is 10.8. The molecular formula is C20H22N4O3. The Morgan fingerprint density at radius 1 is 1.22 bits per heavy atom. The molecule has 7 nitrogen and oxygen atoms in total.